The van der Waals surface area contributed by atoms with Crippen LogP contribution >= 0.6 is 0 Å². The summed E-state index contributed by atoms with van der Waals surface area (Å²) < 4.78 is 0. The molecule has 1 amide bonds. The largest absolute Gasteiger partial charge is 0.387 e. The Kier molecular flexibility index (Phi) is 5.51. The molecule has 2 heterocycles. The van der Waals surface area contributed by atoms with Crippen LogP contribution in [0.5, 0.6) is 0 Å². The summed E-state index contributed by atoms with van der Waals surface area (Å²) in [6, 6.07) is 14.7. The van der Waals surface area contributed by atoms with E-state index in [1.807, 2.05) is 30.9 Å². The van der Waals surface area contributed by atoms with Gasteiger partial charge in [0, 0.05) is 37.8 Å². The van der Waals surface area contributed by atoms with Crippen molar-refractivity contribution in [2.45, 2.75) is 45.8 Å². The van der Waals surface area contributed by atoms with Crippen LogP contribution in [-0.4, -0.2) is 35.5 Å². The fraction of sp³-hybridized carbons (Fsp3) is 0.458. The third kappa shape index (κ3) is 3.85. The lowest BCUT2D eigenvalue weighted by atomic mass is 9.95. The number of amides is 1. The highest BCUT2D eigenvalue weighted by molar-refractivity contribution is 5.95. The van der Waals surface area contributed by atoms with E-state index in [2.05, 4.69) is 35.2 Å². The SMILES string of the molecule is CC(C)C(=O)N1CCCc2cc(C(O)CN3CCc4ccccc4C3)ccc21. The summed E-state index contributed by atoms with van der Waals surface area (Å²) in [5.74, 6) is 0.180. The standard InChI is InChI=1S/C24H30N2O2/c1-17(2)24(28)26-12-5-8-19-14-20(9-10-22(19)26)23(27)16-25-13-11-18-6-3-4-7-21(18)15-25/h3-4,6-7,9-10,14,17,23,27H,5,8,11-13,15-16H2,1-2H3. The van der Waals surface area contributed by atoms with Crippen LogP contribution in [0.25, 0.3) is 0 Å². The van der Waals surface area contributed by atoms with E-state index in [4.69, 9.17) is 0 Å². The Bertz CT molecular complexity index is 861. The molecule has 4 nitrogen and oxygen atoms in total. The summed E-state index contributed by atoms with van der Waals surface area (Å²) in [4.78, 5) is 16.8. The predicted octanol–water partition coefficient (Wildman–Crippen LogP) is 3.71. The van der Waals surface area contributed by atoms with Gasteiger partial charge in [0.25, 0.3) is 0 Å². The van der Waals surface area contributed by atoms with E-state index in [-0.39, 0.29) is 11.8 Å². The van der Waals surface area contributed by atoms with Crippen molar-refractivity contribution in [3.63, 3.8) is 0 Å². The van der Waals surface area contributed by atoms with Crippen molar-refractivity contribution in [3.05, 3.63) is 64.7 Å². The number of hydrogen-bond donors (Lipinski definition) is 1. The molecule has 0 spiro atoms. The zero-order valence-electron chi connectivity index (χ0n) is 16.9. The van der Waals surface area contributed by atoms with E-state index >= 15 is 0 Å². The minimum atomic E-state index is -0.508. The van der Waals surface area contributed by atoms with Gasteiger partial charge in [-0.3, -0.25) is 9.69 Å². The Morgan fingerprint density at radius 3 is 2.61 bits per heavy atom. The molecule has 1 N–H and O–H groups in total. The number of nitrogens with zero attached hydrogens (tertiary/aromatic N) is 2. The molecule has 2 aromatic rings. The molecule has 4 heteroatoms. The molecular formula is C24H30N2O2. The normalized spacial score (nSPS) is 17.9. The maximum atomic E-state index is 12.5. The molecule has 1 atom stereocenters. The van der Waals surface area contributed by atoms with Gasteiger partial charge in [0.15, 0.2) is 0 Å². The van der Waals surface area contributed by atoms with Gasteiger partial charge in [0.2, 0.25) is 5.91 Å². The number of aliphatic hydroxyl groups is 1. The number of aryl methyl sites for hydroxylation is 1. The molecule has 2 aliphatic rings. The van der Waals surface area contributed by atoms with Crippen molar-refractivity contribution in [2.24, 2.45) is 5.92 Å². The number of hydrogen-bond acceptors (Lipinski definition) is 3. The van der Waals surface area contributed by atoms with Gasteiger partial charge in [-0.05, 0) is 47.6 Å². The van der Waals surface area contributed by atoms with Gasteiger partial charge < -0.3 is 10.0 Å². The summed E-state index contributed by atoms with van der Waals surface area (Å²) in [5.41, 5.74) is 5.95. The number of anilines is 1. The van der Waals surface area contributed by atoms with Crippen molar-refractivity contribution in [1.29, 1.82) is 0 Å². The lowest BCUT2D eigenvalue weighted by molar-refractivity contribution is -0.121. The molecule has 28 heavy (non-hydrogen) atoms. The Balaban J connectivity index is 1.47. The summed E-state index contributed by atoms with van der Waals surface area (Å²) in [7, 11) is 0. The first kappa shape index (κ1) is 19.2. The third-order valence-corrected chi connectivity index (χ3v) is 6.01. The van der Waals surface area contributed by atoms with Gasteiger partial charge in [-0.2, -0.15) is 0 Å². The van der Waals surface area contributed by atoms with Crippen LogP contribution in [0.3, 0.4) is 0 Å². The van der Waals surface area contributed by atoms with E-state index in [1.54, 1.807) is 0 Å². The fourth-order valence-corrected chi connectivity index (χ4v) is 4.42. The molecule has 2 aromatic carbocycles. The second-order valence-corrected chi connectivity index (χ2v) is 8.41. The zero-order valence-corrected chi connectivity index (χ0v) is 16.9. The highest BCUT2D eigenvalue weighted by atomic mass is 16.3. The van der Waals surface area contributed by atoms with Gasteiger partial charge in [-0.25, -0.2) is 0 Å². The molecule has 0 radical (unpaired) electrons. The maximum Gasteiger partial charge on any atom is 0.229 e. The maximum absolute atomic E-state index is 12.5. The molecule has 0 fully saturated rings. The van der Waals surface area contributed by atoms with Crippen LogP contribution in [0.2, 0.25) is 0 Å². The quantitative estimate of drug-likeness (QED) is 0.882. The Hall–Kier alpha value is -2.17. The average molecular weight is 379 g/mol. The Labute approximate surface area is 167 Å². The predicted molar refractivity (Wildman–Crippen MR) is 112 cm³/mol. The van der Waals surface area contributed by atoms with Crippen LogP contribution in [0.15, 0.2) is 42.5 Å². The van der Waals surface area contributed by atoms with E-state index in [9.17, 15) is 9.90 Å². The first-order valence-corrected chi connectivity index (χ1v) is 10.4. The number of carbonyl (C=O) groups excluding carboxylic acids is 1. The fourth-order valence-electron chi connectivity index (χ4n) is 4.42. The number of β-amino-alcohol motifs (C(OH)–C–C–N with tert-alkyl or cyclic N) is 1. The van der Waals surface area contributed by atoms with Gasteiger partial charge in [0.05, 0.1) is 6.10 Å². The molecule has 2 aliphatic heterocycles. The number of aliphatic hydroxyl groups excluding tert-OH is 1. The van der Waals surface area contributed by atoms with Gasteiger partial charge >= 0.3 is 0 Å². The van der Waals surface area contributed by atoms with Gasteiger partial charge in [-0.15, -0.1) is 0 Å². The Morgan fingerprint density at radius 2 is 1.82 bits per heavy atom. The molecule has 0 bridgehead atoms. The lowest BCUT2D eigenvalue weighted by Gasteiger charge is -2.32. The van der Waals surface area contributed by atoms with Gasteiger partial charge in [0.1, 0.15) is 0 Å². The summed E-state index contributed by atoms with van der Waals surface area (Å²) >= 11 is 0. The lowest BCUT2D eigenvalue weighted by Crippen LogP contribution is -2.38. The van der Waals surface area contributed by atoms with E-state index < -0.39 is 6.10 Å². The molecule has 0 aliphatic carbocycles. The molecular weight excluding hydrogens is 348 g/mol. The molecule has 1 unspecified atom stereocenters. The molecule has 0 aromatic heterocycles. The first-order valence-electron chi connectivity index (χ1n) is 10.4. The Morgan fingerprint density at radius 1 is 1.04 bits per heavy atom. The van der Waals surface area contributed by atoms with Crippen LogP contribution in [-0.2, 0) is 24.2 Å². The summed E-state index contributed by atoms with van der Waals surface area (Å²) in [6.07, 6.45) is 2.48. The highest BCUT2D eigenvalue weighted by Gasteiger charge is 2.26. The highest BCUT2D eigenvalue weighted by Crippen LogP contribution is 2.31. The van der Waals surface area contributed by atoms with Crippen LogP contribution in [0, 0.1) is 5.92 Å². The van der Waals surface area contributed by atoms with Crippen molar-refractivity contribution < 1.29 is 9.90 Å². The molecule has 4 rings (SSSR count). The minimum absolute atomic E-state index is 0.00167. The minimum Gasteiger partial charge on any atom is -0.387 e. The summed E-state index contributed by atoms with van der Waals surface area (Å²) in [5, 5.41) is 10.9. The second kappa shape index (κ2) is 8.06. The molecule has 0 saturated carbocycles. The third-order valence-electron chi connectivity index (χ3n) is 6.01. The monoisotopic (exact) mass is 378 g/mol. The van der Waals surface area contributed by atoms with Crippen molar-refractivity contribution >= 4 is 11.6 Å². The van der Waals surface area contributed by atoms with E-state index in [0.29, 0.717) is 6.54 Å². The van der Waals surface area contributed by atoms with Crippen molar-refractivity contribution in [2.75, 3.05) is 24.5 Å². The topological polar surface area (TPSA) is 43.8 Å². The molecule has 148 valence electrons. The second-order valence-electron chi connectivity index (χ2n) is 8.41. The number of fused-ring (bicyclic) bond motifs is 2. The van der Waals surface area contributed by atoms with E-state index in [0.717, 1.165) is 50.1 Å². The smallest absolute Gasteiger partial charge is 0.229 e. The van der Waals surface area contributed by atoms with Crippen molar-refractivity contribution in [3.8, 4) is 0 Å². The van der Waals surface area contributed by atoms with Crippen LogP contribution in [0.1, 0.15) is 48.6 Å². The summed E-state index contributed by atoms with van der Waals surface area (Å²) in [6.45, 7) is 7.21. The van der Waals surface area contributed by atoms with Gasteiger partial charge in [-0.1, -0.05) is 50.2 Å². The van der Waals surface area contributed by atoms with Crippen molar-refractivity contribution in [1.82, 2.24) is 4.90 Å². The first-order chi connectivity index (χ1) is 13.5. The average Bonchev–Trinajstić information content (AvgIpc) is 2.72. The number of rotatable bonds is 4. The van der Waals surface area contributed by atoms with Crippen LogP contribution < -0.4 is 4.90 Å². The number of benzene rings is 2. The van der Waals surface area contributed by atoms with Crippen LogP contribution in [0.4, 0.5) is 5.69 Å². The van der Waals surface area contributed by atoms with E-state index in [1.165, 1.54) is 16.7 Å². The zero-order chi connectivity index (χ0) is 19.7. The molecule has 0 saturated heterocycles. The number of carbonyl (C=O) groups is 1.